The van der Waals surface area contributed by atoms with E-state index in [-0.39, 0.29) is 41.3 Å². The van der Waals surface area contributed by atoms with E-state index in [2.05, 4.69) is 5.32 Å². The number of benzene rings is 2. The van der Waals surface area contributed by atoms with E-state index in [1.165, 1.54) is 47.4 Å². The Kier molecular flexibility index (Phi) is 7.45. The van der Waals surface area contributed by atoms with Crippen molar-refractivity contribution in [1.29, 1.82) is 0 Å². The molecule has 2 aromatic carbocycles. The van der Waals surface area contributed by atoms with Gasteiger partial charge in [0, 0.05) is 24.3 Å². The molecule has 0 unspecified atom stereocenters. The number of carbonyl (C=O) groups is 4. The predicted octanol–water partition coefficient (Wildman–Crippen LogP) is 4.26. The summed E-state index contributed by atoms with van der Waals surface area (Å²) in [6.07, 6.45) is 7.75. The summed E-state index contributed by atoms with van der Waals surface area (Å²) in [5.41, 5.74) is 0.629. The Labute approximate surface area is 229 Å². The summed E-state index contributed by atoms with van der Waals surface area (Å²) >= 11 is 0. The lowest BCUT2D eigenvalue weighted by Crippen LogP contribution is -2.58. The molecule has 0 aromatic heterocycles. The minimum atomic E-state index is -0.769. The number of carbonyl (C=O) groups excluding carboxylic acids is 4. The molecule has 206 valence electrons. The van der Waals surface area contributed by atoms with Crippen LogP contribution in [-0.2, 0) is 14.4 Å². The fourth-order valence-electron chi connectivity index (χ4n) is 5.68. The van der Waals surface area contributed by atoms with E-state index < -0.39 is 28.7 Å². The molecule has 5 rings (SSSR count). The SMILES string of the molecule is CCOc1cc(/C=C2\C(=O)NC(=O)N([C@H]3C[C@H]4CC[C@H]3C4)C2=O)ccc1OC(=O)/C=C/c1cccc([N+](=O)[O-])c1. The van der Waals surface area contributed by atoms with Gasteiger partial charge < -0.3 is 9.47 Å². The Bertz CT molecular complexity index is 1460. The van der Waals surface area contributed by atoms with Gasteiger partial charge >= 0.3 is 12.0 Å². The third kappa shape index (κ3) is 5.49. The number of hydrogen-bond acceptors (Lipinski definition) is 8. The maximum Gasteiger partial charge on any atom is 0.336 e. The molecule has 3 atom stereocenters. The molecule has 2 aliphatic carbocycles. The fourth-order valence-corrected chi connectivity index (χ4v) is 5.68. The Morgan fingerprint density at radius 3 is 2.62 bits per heavy atom. The smallest absolute Gasteiger partial charge is 0.336 e. The molecule has 1 saturated heterocycles. The Morgan fingerprint density at radius 1 is 1.10 bits per heavy atom. The summed E-state index contributed by atoms with van der Waals surface area (Å²) in [6, 6.07) is 9.46. The standard InChI is InChI=1S/C29H27N3O8/c1-2-39-25-16-19(7-10-24(25)40-26(33)11-8-17-4-3-5-21(13-17)32(37)38)14-22-27(34)30-29(36)31(28(22)35)23-15-18-6-9-20(23)12-18/h3-5,7-8,10-11,13-14,16,18,20,23H,2,6,9,12,15H2,1H3,(H,30,34,36)/b11-8+,22-14+/t18-,20-,23-/m0/s1. The highest BCUT2D eigenvalue weighted by Gasteiger charge is 2.49. The number of esters is 1. The van der Waals surface area contributed by atoms with Crippen LogP contribution in [0.4, 0.5) is 10.5 Å². The molecule has 40 heavy (non-hydrogen) atoms. The van der Waals surface area contributed by atoms with Crippen molar-refractivity contribution in [2.45, 2.75) is 38.6 Å². The number of rotatable bonds is 8. The van der Waals surface area contributed by atoms with Crippen LogP contribution in [0, 0.1) is 22.0 Å². The van der Waals surface area contributed by atoms with Gasteiger partial charge in [0.2, 0.25) is 0 Å². The first-order valence-corrected chi connectivity index (χ1v) is 13.0. The molecule has 0 radical (unpaired) electrons. The number of nitro benzene ring substituents is 1. The molecule has 2 bridgehead atoms. The van der Waals surface area contributed by atoms with E-state index in [0.29, 0.717) is 17.0 Å². The van der Waals surface area contributed by atoms with Crippen LogP contribution < -0.4 is 14.8 Å². The first-order chi connectivity index (χ1) is 19.2. The maximum absolute atomic E-state index is 13.3. The zero-order valence-corrected chi connectivity index (χ0v) is 21.7. The van der Waals surface area contributed by atoms with Crippen LogP contribution in [0.25, 0.3) is 12.2 Å². The van der Waals surface area contributed by atoms with E-state index in [1.807, 2.05) is 0 Å². The van der Waals surface area contributed by atoms with Crippen LogP contribution in [0.1, 0.15) is 43.7 Å². The Hall–Kier alpha value is -4.80. The van der Waals surface area contributed by atoms with Gasteiger partial charge in [0.25, 0.3) is 17.5 Å². The van der Waals surface area contributed by atoms with Gasteiger partial charge in [-0.1, -0.05) is 24.6 Å². The van der Waals surface area contributed by atoms with Crippen molar-refractivity contribution in [3.63, 3.8) is 0 Å². The number of non-ortho nitro benzene ring substituents is 1. The van der Waals surface area contributed by atoms with E-state index in [9.17, 15) is 29.3 Å². The second kappa shape index (κ2) is 11.1. The molecule has 11 nitrogen and oxygen atoms in total. The molecule has 2 aromatic rings. The zero-order valence-electron chi connectivity index (χ0n) is 21.7. The largest absolute Gasteiger partial charge is 0.490 e. The predicted molar refractivity (Wildman–Crippen MR) is 143 cm³/mol. The number of barbiturate groups is 1. The molecule has 4 amide bonds. The lowest BCUT2D eigenvalue weighted by molar-refractivity contribution is -0.384. The van der Waals surface area contributed by atoms with Crippen LogP contribution >= 0.6 is 0 Å². The highest BCUT2D eigenvalue weighted by Crippen LogP contribution is 2.47. The number of fused-ring (bicyclic) bond motifs is 2. The highest BCUT2D eigenvalue weighted by atomic mass is 16.6. The van der Waals surface area contributed by atoms with Crippen LogP contribution in [-0.4, -0.2) is 46.3 Å². The number of imide groups is 2. The summed E-state index contributed by atoms with van der Waals surface area (Å²) in [5.74, 6) is -1.04. The molecular formula is C29H27N3O8. The van der Waals surface area contributed by atoms with Gasteiger partial charge in [-0.2, -0.15) is 0 Å². The minimum Gasteiger partial charge on any atom is -0.490 e. The van der Waals surface area contributed by atoms with Gasteiger partial charge in [0.1, 0.15) is 5.57 Å². The number of hydrogen-bond donors (Lipinski definition) is 1. The van der Waals surface area contributed by atoms with E-state index in [4.69, 9.17) is 9.47 Å². The molecular weight excluding hydrogens is 518 g/mol. The number of ether oxygens (including phenoxy) is 2. The molecule has 0 spiro atoms. The molecule has 1 heterocycles. The van der Waals surface area contributed by atoms with Crippen LogP contribution in [0.15, 0.2) is 54.1 Å². The minimum absolute atomic E-state index is 0.105. The molecule has 1 N–H and O–H groups in total. The van der Waals surface area contributed by atoms with Gasteiger partial charge in [-0.15, -0.1) is 0 Å². The van der Waals surface area contributed by atoms with Gasteiger partial charge in [-0.05, 0) is 73.4 Å². The lowest BCUT2D eigenvalue weighted by atomic mass is 9.93. The van der Waals surface area contributed by atoms with Crippen LogP contribution in [0.2, 0.25) is 0 Å². The molecule has 1 aliphatic heterocycles. The van der Waals surface area contributed by atoms with Crippen molar-refractivity contribution >= 4 is 41.7 Å². The molecule has 3 fully saturated rings. The second-order valence-corrected chi connectivity index (χ2v) is 9.98. The van der Waals surface area contributed by atoms with E-state index in [0.717, 1.165) is 31.8 Å². The van der Waals surface area contributed by atoms with Gasteiger partial charge in [0.05, 0.1) is 11.5 Å². The van der Waals surface area contributed by atoms with Crippen LogP contribution in [0.3, 0.4) is 0 Å². The van der Waals surface area contributed by atoms with Crippen molar-refractivity contribution in [2.75, 3.05) is 6.61 Å². The number of nitrogens with one attached hydrogen (secondary N) is 1. The summed E-state index contributed by atoms with van der Waals surface area (Å²) in [4.78, 5) is 62.6. The fraction of sp³-hybridized carbons (Fsp3) is 0.310. The van der Waals surface area contributed by atoms with Gasteiger partial charge in [-0.3, -0.25) is 29.9 Å². The lowest BCUT2D eigenvalue weighted by Gasteiger charge is -2.35. The highest BCUT2D eigenvalue weighted by molar-refractivity contribution is 6.31. The molecule has 2 saturated carbocycles. The third-order valence-corrected chi connectivity index (χ3v) is 7.45. The van der Waals surface area contributed by atoms with E-state index in [1.54, 1.807) is 19.1 Å². The average molecular weight is 546 g/mol. The Balaban J connectivity index is 1.34. The van der Waals surface area contributed by atoms with Crippen LogP contribution in [0.5, 0.6) is 11.5 Å². The van der Waals surface area contributed by atoms with Gasteiger partial charge in [-0.25, -0.2) is 9.59 Å². The Morgan fingerprint density at radius 2 is 1.93 bits per heavy atom. The van der Waals surface area contributed by atoms with Crippen molar-refractivity contribution < 1.29 is 33.6 Å². The topological polar surface area (TPSA) is 145 Å². The second-order valence-electron chi connectivity index (χ2n) is 9.98. The number of urea groups is 1. The van der Waals surface area contributed by atoms with Crippen molar-refractivity contribution in [1.82, 2.24) is 10.2 Å². The van der Waals surface area contributed by atoms with Crippen molar-refractivity contribution in [2.24, 2.45) is 11.8 Å². The normalized spacial score (nSPS) is 23.1. The van der Waals surface area contributed by atoms with Gasteiger partial charge in [0.15, 0.2) is 11.5 Å². The average Bonchev–Trinajstić information content (AvgIpc) is 3.55. The quantitative estimate of drug-likeness (QED) is 0.129. The monoisotopic (exact) mass is 545 g/mol. The number of nitro groups is 1. The summed E-state index contributed by atoms with van der Waals surface area (Å²) in [5, 5.41) is 13.2. The zero-order chi connectivity index (χ0) is 28.4. The van der Waals surface area contributed by atoms with E-state index >= 15 is 0 Å². The molecule has 3 aliphatic rings. The third-order valence-electron chi connectivity index (χ3n) is 7.45. The summed E-state index contributed by atoms with van der Waals surface area (Å²) < 4.78 is 11.0. The number of amides is 4. The van der Waals surface area contributed by atoms with Crippen molar-refractivity contribution in [3.8, 4) is 11.5 Å². The van der Waals surface area contributed by atoms with Crippen molar-refractivity contribution in [3.05, 3.63) is 75.4 Å². The first-order valence-electron chi connectivity index (χ1n) is 13.0. The summed E-state index contributed by atoms with van der Waals surface area (Å²) in [7, 11) is 0. The number of nitrogens with zero attached hydrogens (tertiary/aromatic N) is 2. The maximum atomic E-state index is 13.3. The summed E-state index contributed by atoms with van der Waals surface area (Å²) in [6.45, 7) is 2.00. The molecule has 11 heteroatoms. The first kappa shape index (κ1) is 26.8.